The number of halogens is 2. The number of imidazole rings is 1. The van der Waals surface area contributed by atoms with Crippen molar-refractivity contribution in [2.45, 2.75) is 32.3 Å². The number of nitrogens with one attached hydrogen (secondary N) is 1. The molecule has 0 amide bonds. The van der Waals surface area contributed by atoms with Gasteiger partial charge in [0.25, 0.3) is 10.0 Å². The van der Waals surface area contributed by atoms with Crippen molar-refractivity contribution in [3.05, 3.63) is 40.0 Å². The van der Waals surface area contributed by atoms with Gasteiger partial charge in [-0.05, 0) is 54.4 Å². The fourth-order valence-electron chi connectivity index (χ4n) is 1.88. The van der Waals surface area contributed by atoms with Crippen molar-refractivity contribution in [2.24, 2.45) is 0 Å². The molecule has 1 aromatic carbocycles. The molecule has 2 rings (SSSR count). The molecule has 0 saturated heterocycles. The van der Waals surface area contributed by atoms with Crippen molar-refractivity contribution in [3.63, 3.8) is 0 Å². The molecular weight excluding hydrogens is 361 g/mol. The van der Waals surface area contributed by atoms with E-state index in [0.717, 1.165) is 0 Å². The zero-order chi connectivity index (χ0) is 15.8. The number of sulfonamides is 1. The molecule has 1 N–H and O–H groups in total. The summed E-state index contributed by atoms with van der Waals surface area (Å²) in [5.41, 5.74) is 0.804. The SMILES string of the molecule is CCn1cc(S(=O)(=O)Nc2cc(Br)c(F)cc2C)nc1C. The smallest absolute Gasteiger partial charge is 0.280 e. The van der Waals surface area contributed by atoms with Gasteiger partial charge in [0, 0.05) is 12.7 Å². The molecule has 5 nitrogen and oxygen atoms in total. The van der Waals surface area contributed by atoms with E-state index in [9.17, 15) is 12.8 Å². The number of hydrogen-bond donors (Lipinski definition) is 1. The average molecular weight is 376 g/mol. The summed E-state index contributed by atoms with van der Waals surface area (Å²) in [4.78, 5) is 4.05. The molecule has 1 aromatic heterocycles. The van der Waals surface area contributed by atoms with Gasteiger partial charge >= 0.3 is 0 Å². The second kappa shape index (κ2) is 5.76. The Kier molecular flexibility index (Phi) is 4.38. The van der Waals surface area contributed by atoms with Crippen LogP contribution in [-0.2, 0) is 16.6 Å². The number of nitrogens with zero attached hydrogens (tertiary/aromatic N) is 2. The van der Waals surface area contributed by atoms with E-state index in [2.05, 4.69) is 25.6 Å². The molecule has 0 bridgehead atoms. The number of hydrogen-bond acceptors (Lipinski definition) is 3. The van der Waals surface area contributed by atoms with Crippen molar-refractivity contribution < 1.29 is 12.8 Å². The Morgan fingerprint density at radius 3 is 2.62 bits per heavy atom. The zero-order valence-electron chi connectivity index (χ0n) is 11.8. The second-order valence-corrected chi connectivity index (χ2v) is 7.08. The topological polar surface area (TPSA) is 64.0 Å². The molecule has 0 atom stereocenters. The van der Waals surface area contributed by atoms with E-state index in [1.807, 2.05) is 6.92 Å². The van der Waals surface area contributed by atoms with Gasteiger partial charge in [0.15, 0.2) is 5.03 Å². The second-order valence-electron chi connectivity index (χ2n) is 4.60. The van der Waals surface area contributed by atoms with Crippen molar-refractivity contribution >= 4 is 31.6 Å². The van der Waals surface area contributed by atoms with Crippen molar-refractivity contribution in [3.8, 4) is 0 Å². The van der Waals surface area contributed by atoms with Crippen LogP contribution < -0.4 is 4.72 Å². The normalized spacial score (nSPS) is 11.7. The van der Waals surface area contributed by atoms with Crippen molar-refractivity contribution in [2.75, 3.05) is 4.72 Å². The van der Waals surface area contributed by atoms with Crippen LogP contribution in [0.2, 0.25) is 0 Å². The van der Waals surface area contributed by atoms with Crippen LogP contribution in [0.3, 0.4) is 0 Å². The maximum Gasteiger partial charge on any atom is 0.280 e. The number of anilines is 1. The molecule has 0 aliphatic heterocycles. The molecule has 0 spiro atoms. The molecular formula is C13H15BrFN3O2S. The number of benzene rings is 1. The minimum absolute atomic E-state index is 0.0540. The fourth-order valence-corrected chi connectivity index (χ4v) is 3.36. The van der Waals surface area contributed by atoms with Crippen LogP contribution in [0.25, 0.3) is 0 Å². The monoisotopic (exact) mass is 375 g/mol. The lowest BCUT2D eigenvalue weighted by molar-refractivity contribution is 0.597. The minimum Gasteiger partial charge on any atom is -0.334 e. The number of aryl methyl sites for hydroxylation is 3. The van der Waals surface area contributed by atoms with Gasteiger partial charge < -0.3 is 4.57 Å². The summed E-state index contributed by atoms with van der Waals surface area (Å²) in [7, 11) is -3.80. The molecule has 0 saturated carbocycles. The summed E-state index contributed by atoms with van der Waals surface area (Å²) in [6.07, 6.45) is 1.48. The predicted octanol–water partition coefficient (Wildman–Crippen LogP) is 3.22. The third-order valence-corrected chi connectivity index (χ3v) is 4.93. The first-order chi connectivity index (χ1) is 9.74. The van der Waals surface area contributed by atoms with E-state index < -0.39 is 15.8 Å². The van der Waals surface area contributed by atoms with E-state index in [1.54, 1.807) is 18.4 Å². The van der Waals surface area contributed by atoms with Crippen molar-refractivity contribution in [1.82, 2.24) is 9.55 Å². The highest BCUT2D eigenvalue weighted by Gasteiger charge is 2.20. The first kappa shape index (κ1) is 16.0. The van der Waals surface area contributed by atoms with Gasteiger partial charge in [-0.2, -0.15) is 8.42 Å². The highest BCUT2D eigenvalue weighted by atomic mass is 79.9. The lowest BCUT2D eigenvalue weighted by Gasteiger charge is -2.10. The largest absolute Gasteiger partial charge is 0.334 e. The van der Waals surface area contributed by atoms with Gasteiger partial charge in [0.2, 0.25) is 0 Å². The van der Waals surface area contributed by atoms with Gasteiger partial charge in [0.05, 0.1) is 10.2 Å². The Morgan fingerprint density at radius 1 is 1.38 bits per heavy atom. The molecule has 0 unspecified atom stereocenters. The Balaban J connectivity index is 2.39. The Hall–Kier alpha value is -1.41. The molecule has 8 heteroatoms. The summed E-state index contributed by atoms with van der Waals surface area (Å²) in [6.45, 7) is 5.90. The fraction of sp³-hybridized carbons (Fsp3) is 0.308. The highest BCUT2D eigenvalue weighted by molar-refractivity contribution is 9.10. The first-order valence-corrected chi connectivity index (χ1v) is 8.54. The standard InChI is InChI=1S/C13H15BrFN3O2S/c1-4-18-7-13(16-9(18)3)21(19,20)17-12-6-10(14)11(15)5-8(12)2/h5-7,17H,4H2,1-3H3. The molecule has 1 heterocycles. The van der Waals surface area contributed by atoms with E-state index in [4.69, 9.17) is 0 Å². The van der Waals surface area contributed by atoms with Gasteiger partial charge in [-0.1, -0.05) is 0 Å². The van der Waals surface area contributed by atoms with Crippen LogP contribution in [0.4, 0.5) is 10.1 Å². The quantitative estimate of drug-likeness (QED) is 0.891. The summed E-state index contributed by atoms with van der Waals surface area (Å²) >= 11 is 3.04. The van der Waals surface area contributed by atoms with Crippen LogP contribution in [-0.4, -0.2) is 18.0 Å². The minimum atomic E-state index is -3.80. The highest BCUT2D eigenvalue weighted by Crippen LogP contribution is 2.26. The summed E-state index contributed by atoms with van der Waals surface area (Å²) in [5.74, 6) is 0.177. The lowest BCUT2D eigenvalue weighted by atomic mass is 10.2. The maximum atomic E-state index is 13.4. The van der Waals surface area contributed by atoms with Crippen LogP contribution >= 0.6 is 15.9 Å². The van der Waals surface area contributed by atoms with Crippen LogP contribution in [0.1, 0.15) is 18.3 Å². The molecule has 21 heavy (non-hydrogen) atoms. The van der Waals surface area contributed by atoms with Crippen LogP contribution in [0.5, 0.6) is 0 Å². The Labute approximate surface area is 131 Å². The van der Waals surface area contributed by atoms with Gasteiger partial charge in [0.1, 0.15) is 11.6 Å². The number of rotatable bonds is 4. The molecule has 0 aliphatic rings. The maximum absolute atomic E-state index is 13.4. The predicted molar refractivity (Wildman–Crippen MR) is 82.3 cm³/mol. The summed E-state index contributed by atoms with van der Waals surface area (Å²) < 4.78 is 42.4. The van der Waals surface area contributed by atoms with Gasteiger partial charge in [-0.3, -0.25) is 4.72 Å². The summed E-state index contributed by atoms with van der Waals surface area (Å²) in [6, 6.07) is 2.66. The van der Waals surface area contributed by atoms with Crippen molar-refractivity contribution in [1.29, 1.82) is 0 Å². The first-order valence-electron chi connectivity index (χ1n) is 6.27. The molecule has 114 valence electrons. The molecule has 2 aromatic rings. The van der Waals surface area contributed by atoms with Gasteiger partial charge in [-0.15, -0.1) is 0 Å². The molecule has 0 fully saturated rings. The number of aromatic nitrogens is 2. The van der Waals surface area contributed by atoms with E-state index in [-0.39, 0.29) is 9.50 Å². The average Bonchev–Trinajstić information content (AvgIpc) is 2.78. The van der Waals surface area contributed by atoms with E-state index >= 15 is 0 Å². The van der Waals surface area contributed by atoms with Crippen LogP contribution in [0, 0.1) is 19.7 Å². The Morgan fingerprint density at radius 2 is 2.05 bits per heavy atom. The molecule has 0 aliphatic carbocycles. The third kappa shape index (κ3) is 3.26. The third-order valence-electron chi connectivity index (χ3n) is 3.08. The summed E-state index contributed by atoms with van der Waals surface area (Å²) in [5, 5.41) is -0.0540. The zero-order valence-corrected chi connectivity index (χ0v) is 14.2. The van der Waals surface area contributed by atoms with Gasteiger partial charge in [-0.25, -0.2) is 9.37 Å². The lowest BCUT2D eigenvalue weighted by Crippen LogP contribution is -2.14. The molecule has 0 radical (unpaired) electrons. The van der Waals surface area contributed by atoms with Crippen LogP contribution in [0.15, 0.2) is 27.8 Å². The van der Waals surface area contributed by atoms with E-state index in [0.29, 0.717) is 23.6 Å². The van der Waals surface area contributed by atoms with E-state index in [1.165, 1.54) is 18.3 Å². The Bertz CT molecular complexity index is 787.